The lowest BCUT2D eigenvalue weighted by Crippen LogP contribution is -2.13. The zero-order chi connectivity index (χ0) is 20.8. The highest BCUT2D eigenvalue weighted by Crippen LogP contribution is 2.24. The summed E-state index contributed by atoms with van der Waals surface area (Å²) in [5, 5.41) is 5.77. The molecule has 0 aliphatic carbocycles. The predicted molar refractivity (Wildman–Crippen MR) is 112 cm³/mol. The maximum Gasteiger partial charge on any atom is 0.350 e. The standard InChI is InChI=1S/C21H19N3O4S/c1-3-28-20(27)17-13(2)22-21(29-17)24-19(26)15-9-11-16(12-10-15)23-18(25)14-7-5-4-6-8-14/h4-12H,3H2,1-2H3,(H,23,25)(H,22,24,26). The minimum Gasteiger partial charge on any atom is -0.462 e. The maximum atomic E-state index is 12.4. The van der Waals surface area contributed by atoms with Crippen molar-refractivity contribution in [3.8, 4) is 0 Å². The number of esters is 1. The van der Waals surface area contributed by atoms with E-state index in [1.54, 1.807) is 62.4 Å². The van der Waals surface area contributed by atoms with Crippen molar-refractivity contribution < 1.29 is 19.1 Å². The summed E-state index contributed by atoms with van der Waals surface area (Å²) in [5.74, 6) is -1.05. The van der Waals surface area contributed by atoms with Crippen LogP contribution in [0.2, 0.25) is 0 Å². The molecular weight excluding hydrogens is 390 g/mol. The zero-order valence-electron chi connectivity index (χ0n) is 15.9. The Balaban J connectivity index is 1.64. The van der Waals surface area contributed by atoms with Gasteiger partial charge in [0.05, 0.1) is 12.3 Å². The third-order valence-electron chi connectivity index (χ3n) is 3.92. The Morgan fingerprint density at radius 1 is 0.931 bits per heavy atom. The van der Waals surface area contributed by atoms with Crippen molar-refractivity contribution in [2.24, 2.45) is 0 Å². The van der Waals surface area contributed by atoms with Crippen LogP contribution in [-0.4, -0.2) is 29.4 Å². The summed E-state index contributed by atoms with van der Waals surface area (Å²) >= 11 is 1.07. The molecule has 1 heterocycles. The zero-order valence-corrected chi connectivity index (χ0v) is 16.7. The first kappa shape index (κ1) is 20.2. The summed E-state index contributed by atoms with van der Waals surface area (Å²) in [4.78, 5) is 41.0. The number of nitrogens with zero attached hydrogens (tertiary/aromatic N) is 1. The van der Waals surface area contributed by atoms with Gasteiger partial charge >= 0.3 is 5.97 Å². The Morgan fingerprint density at radius 3 is 2.21 bits per heavy atom. The number of ether oxygens (including phenoxy) is 1. The van der Waals surface area contributed by atoms with Crippen molar-refractivity contribution in [1.29, 1.82) is 0 Å². The monoisotopic (exact) mass is 409 g/mol. The van der Waals surface area contributed by atoms with Crippen LogP contribution in [0.4, 0.5) is 10.8 Å². The van der Waals surface area contributed by atoms with E-state index in [0.717, 1.165) is 11.3 Å². The van der Waals surface area contributed by atoms with Crippen molar-refractivity contribution >= 4 is 39.9 Å². The van der Waals surface area contributed by atoms with Gasteiger partial charge in [-0.3, -0.25) is 14.9 Å². The lowest BCUT2D eigenvalue weighted by atomic mass is 10.1. The van der Waals surface area contributed by atoms with E-state index in [1.165, 1.54) is 0 Å². The van der Waals surface area contributed by atoms with Crippen LogP contribution in [0.25, 0.3) is 0 Å². The second kappa shape index (κ2) is 9.11. The fraction of sp³-hybridized carbons (Fsp3) is 0.143. The minimum absolute atomic E-state index is 0.229. The van der Waals surface area contributed by atoms with Gasteiger partial charge in [0.2, 0.25) is 0 Å². The van der Waals surface area contributed by atoms with Gasteiger partial charge in [0, 0.05) is 16.8 Å². The highest BCUT2D eigenvalue weighted by Gasteiger charge is 2.18. The van der Waals surface area contributed by atoms with Crippen LogP contribution >= 0.6 is 11.3 Å². The van der Waals surface area contributed by atoms with Crippen LogP contribution in [0.5, 0.6) is 0 Å². The molecular formula is C21H19N3O4S. The van der Waals surface area contributed by atoms with E-state index in [4.69, 9.17) is 4.74 Å². The average molecular weight is 409 g/mol. The summed E-state index contributed by atoms with van der Waals surface area (Å²) in [7, 11) is 0. The van der Waals surface area contributed by atoms with E-state index in [-0.39, 0.29) is 18.4 Å². The Labute approximate surface area is 171 Å². The Kier molecular flexibility index (Phi) is 6.36. The highest BCUT2D eigenvalue weighted by atomic mass is 32.1. The number of hydrogen-bond donors (Lipinski definition) is 2. The van der Waals surface area contributed by atoms with Gasteiger partial charge in [-0.05, 0) is 50.2 Å². The number of hydrogen-bond acceptors (Lipinski definition) is 6. The maximum absolute atomic E-state index is 12.4. The second-order valence-corrected chi connectivity index (χ2v) is 7.00. The van der Waals surface area contributed by atoms with Gasteiger partial charge in [-0.25, -0.2) is 9.78 Å². The van der Waals surface area contributed by atoms with Gasteiger partial charge in [-0.1, -0.05) is 29.5 Å². The van der Waals surface area contributed by atoms with Crippen LogP contribution < -0.4 is 10.6 Å². The molecule has 0 unspecified atom stereocenters. The molecule has 0 bridgehead atoms. The summed E-state index contributed by atoms with van der Waals surface area (Å²) in [6, 6.07) is 15.3. The summed E-state index contributed by atoms with van der Waals surface area (Å²) in [6.07, 6.45) is 0. The van der Waals surface area contributed by atoms with Crippen molar-refractivity contribution in [2.45, 2.75) is 13.8 Å². The summed E-state index contributed by atoms with van der Waals surface area (Å²) in [5.41, 5.74) is 2.02. The Morgan fingerprint density at radius 2 is 1.55 bits per heavy atom. The number of benzene rings is 2. The quantitative estimate of drug-likeness (QED) is 0.597. The third-order valence-corrected chi connectivity index (χ3v) is 4.97. The fourth-order valence-electron chi connectivity index (χ4n) is 2.50. The number of aryl methyl sites for hydroxylation is 1. The molecule has 0 atom stereocenters. The fourth-order valence-corrected chi connectivity index (χ4v) is 3.36. The van der Waals surface area contributed by atoms with Crippen molar-refractivity contribution in [3.63, 3.8) is 0 Å². The topological polar surface area (TPSA) is 97.4 Å². The number of carbonyl (C=O) groups excluding carboxylic acids is 3. The molecule has 148 valence electrons. The molecule has 2 amide bonds. The molecule has 7 nitrogen and oxygen atoms in total. The van der Waals surface area contributed by atoms with Gasteiger partial charge in [-0.15, -0.1) is 0 Å². The molecule has 0 radical (unpaired) electrons. The number of anilines is 2. The van der Waals surface area contributed by atoms with E-state index >= 15 is 0 Å². The summed E-state index contributed by atoms with van der Waals surface area (Å²) < 4.78 is 4.97. The third kappa shape index (κ3) is 5.05. The molecule has 1 aromatic heterocycles. The molecule has 0 aliphatic heterocycles. The van der Waals surface area contributed by atoms with E-state index in [0.29, 0.717) is 32.5 Å². The molecule has 0 spiro atoms. The van der Waals surface area contributed by atoms with E-state index in [2.05, 4.69) is 15.6 Å². The molecule has 29 heavy (non-hydrogen) atoms. The molecule has 0 saturated heterocycles. The molecule has 2 N–H and O–H groups in total. The first-order valence-electron chi connectivity index (χ1n) is 8.90. The number of carbonyl (C=O) groups is 3. The van der Waals surface area contributed by atoms with Gasteiger partial charge in [0.1, 0.15) is 4.88 Å². The SMILES string of the molecule is CCOC(=O)c1sc(NC(=O)c2ccc(NC(=O)c3ccccc3)cc2)nc1C. The van der Waals surface area contributed by atoms with E-state index in [1.807, 2.05) is 6.07 Å². The van der Waals surface area contributed by atoms with Crippen LogP contribution in [0.3, 0.4) is 0 Å². The number of aromatic nitrogens is 1. The van der Waals surface area contributed by atoms with E-state index in [9.17, 15) is 14.4 Å². The van der Waals surface area contributed by atoms with Crippen molar-refractivity contribution in [1.82, 2.24) is 4.98 Å². The normalized spacial score (nSPS) is 10.3. The Hall–Kier alpha value is -3.52. The molecule has 0 aliphatic rings. The van der Waals surface area contributed by atoms with Gasteiger partial charge in [-0.2, -0.15) is 0 Å². The average Bonchev–Trinajstić information content (AvgIpc) is 3.09. The largest absolute Gasteiger partial charge is 0.462 e. The molecule has 0 fully saturated rings. The Bertz CT molecular complexity index is 1030. The van der Waals surface area contributed by atoms with Crippen LogP contribution in [0.1, 0.15) is 43.0 Å². The van der Waals surface area contributed by atoms with E-state index < -0.39 is 5.97 Å². The molecule has 2 aromatic carbocycles. The summed E-state index contributed by atoms with van der Waals surface area (Å²) in [6.45, 7) is 3.68. The second-order valence-electron chi connectivity index (χ2n) is 6.01. The van der Waals surface area contributed by atoms with Gasteiger partial charge < -0.3 is 10.1 Å². The number of amides is 2. The van der Waals surface area contributed by atoms with Gasteiger partial charge in [0.25, 0.3) is 11.8 Å². The smallest absolute Gasteiger partial charge is 0.350 e. The predicted octanol–water partition coefficient (Wildman–Crippen LogP) is 4.13. The van der Waals surface area contributed by atoms with Crippen molar-refractivity contribution in [2.75, 3.05) is 17.2 Å². The lowest BCUT2D eigenvalue weighted by molar-refractivity contribution is 0.0530. The van der Waals surface area contributed by atoms with Gasteiger partial charge in [0.15, 0.2) is 5.13 Å². The van der Waals surface area contributed by atoms with Crippen molar-refractivity contribution in [3.05, 3.63) is 76.3 Å². The lowest BCUT2D eigenvalue weighted by Gasteiger charge is -2.06. The molecule has 0 saturated carbocycles. The minimum atomic E-state index is -0.457. The molecule has 3 aromatic rings. The molecule has 8 heteroatoms. The first-order valence-corrected chi connectivity index (χ1v) is 9.72. The molecule has 3 rings (SSSR count). The number of thiazole rings is 1. The number of rotatable bonds is 6. The first-order chi connectivity index (χ1) is 14.0. The van der Waals surface area contributed by atoms with Crippen LogP contribution in [0.15, 0.2) is 54.6 Å². The van der Waals surface area contributed by atoms with Crippen LogP contribution in [-0.2, 0) is 4.74 Å². The number of nitrogens with one attached hydrogen (secondary N) is 2. The van der Waals surface area contributed by atoms with Crippen LogP contribution in [0, 0.1) is 6.92 Å². The highest BCUT2D eigenvalue weighted by molar-refractivity contribution is 7.17.